The number of rotatable bonds is 5. The van der Waals surface area contributed by atoms with E-state index in [0.717, 1.165) is 33.8 Å². The van der Waals surface area contributed by atoms with E-state index in [4.69, 9.17) is 4.98 Å². The highest BCUT2D eigenvalue weighted by Crippen LogP contribution is 2.44. The molecule has 1 amide bonds. The number of nitrogens with one attached hydrogen (secondary N) is 1. The molecule has 0 spiro atoms. The molecule has 0 bridgehead atoms. The zero-order valence-corrected chi connectivity index (χ0v) is 16.7. The van der Waals surface area contributed by atoms with Gasteiger partial charge >= 0.3 is 0 Å². The van der Waals surface area contributed by atoms with Gasteiger partial charge < -0.3 is 5.32 Å². The molecule has 29 heavy (non-hydrogen) atoms. The number of amides is 1. The van der Waals surface area contributed by atoms with Gasteiger partial charge in [-0.25, -0.2) is 4.98 Å². The van der Waals surface area contributed by atoms with E-state index >= 15 is 0 Å². The summed E-state index contributed by atoms with van der Waals surface area (Å²) in [5.41, 5.74) is 5.83. The average molecular weight is 398 g/mol. The van der Waals surface area contributed by atoms with Crippen molar-refractivity contribution in [2.75, 3.05) is 11.1 Å². The largest absolute Gasteiger partial charge is 0.326 e. The van der Waals surface area contributed by atoms with E-state index in [1.54, 1.807) is 0 Å². The van der Waals surface area contributed by atoms with E-state index in [2.05, 4.69) is 39.8 Å². The fourth-order valence-electron chi connectivity index (χ4n) is 3.66. The summed E-state index contributed by atoms with van der Waals surface area (Å²) in [5.74, 6) is 0.573. The summed E-state index contributed by atoms with van der Waals surface area (Å²) in [6, 6.07) is 20.2. The average Bonchev–Trinajstić information content (AvgIpc) is 3.04. The molecular formula is C23H18N4OS. The topological polar surface area (TPSA) is 67.8 Å². The Kier molecular flexibility index (Phi) is 4.48. The molecule has 1 N–H and O–H groups in total. The molecule has 0 aliphatic heterocycles. The third kappa shape index (κ3) is 3.36. The van der Waals surface area contributed by atoms with Crippen LogP contribution in [0.25, 0.3) is 33.3 Å². The van der Waals surface area contributed by atoms with Gasteiger partial charge in [-0.05, 0) is 30.0 Å². The van der Waals surface area contributed by atoms with Gasteiger partial charge in [-0.2, -0.15) is 0 Å². The summed E-state index contributed by atoms with van der Waals surface area (Å²) in [6.07, 6.45) is 0.384. The van der Waals surface area contributed by atoms with Gasteiger partial charge in [0.1, 0.15) is 11.4 Å². The van der Waals surface area contributed by atoms with Crippen LogP contribution in [0.5, 0.6) is 0 Å². The van der Waals surface area contributed by atoms with Crippen LogP contribution < -0.4 is 5.32 Å². The molecule has 0 radical (unpaired) electrons. The van der Waals surface area contributed by atoms with Crippen molar-refractivity contribution in [3.05, 3.63) is 66.2 Å². The van der Waals surface area contributed by atoms with E-state index < -0.39 is 0 Å². The number of aryl methyl sites for hydroxylation is 1. The predicted octanol–water partition coefficient (Wildman–Crippen LogP) is 5.10. The lowest BCUT2D eigenvalue weighted by Crippen LogP contribution is -2.12. The number of nitrogens with zero attached hydrogens (tertiary/aromatic N) is 3. The van der Waals surface area contributed by atoms with E-state index in [9.17, 15) is 4.79 Å². The minimum atomic E-state index is -0.0191. The van der Waals surface area contributed by atoms with Gasteiger partial charge in [0.25, 0.3) is 0 Å². The molecule has 5 rings (SSSR count). The molecule has 5 nitrogen and oxygen atoms in total. The predicted molar refractivity (Wildman–Crippen MR) is 117 cm³/mol. The maximum atomic E-state index is 12.2. The van der Waals surface area contributed by atoms with Gasteiger partial charge in [-0.1, -0.05) is 60.3 Å². The Morgan fingerprint density at radius 2 is 1.72 bits per heavy atom. The van der Waals surface area contributed by atoms with Crippen molar-refractivity contribution in [1.29, 1.82) is 0 Å². The van der Waals surface area contributed by atoms with Crippen molar-refractivity contribution >= 4 is 34.1 Å². The second-order valence-electron chi connectivity index (χ2n) is 7.02. The third-order valence-corrected chi connectivity index (χ3v) is 5.78. The standard InChI is InChI=1S/C23H18N4OS/c1-14-5-2-8-16(13-14)24-19(28)11-12-29-23-25-21-17-9-3-6-15-7-4-10-18(20(15)17)22(21)26-27-23/h2-10,13H,11-12H2,1H3,(H,24,28). The van der Waals surface area contributed by atoms with Crippen molar-refractivity contribution in [3.8, 4) is 22.5 Å². The highest BCUT2D eigenvalue weighted by molar-refractivity contribution is 7.99. The molecule has 1 aliphatic carbocycles. The summed E-state index contributed by atoms with van der Waals surface area (Å²) in [5, 5.41) is 14.6. The van der Waals surface area contributed by atoms with Crippen LogP contribution in [0.2, 0.25) is 0 Å². The number of fused-ring (bicyclic) bond motifs is 3. The first kappa shape index (κ1) is 17.8. The molecule has 0 fully saturated rings. The monoisotopic (exact) mass is 398 g/mol. The normalized spacial score (nSPS) is 11.5. The van der Waals surface area contributed by atoms with Crippen LogP contribution in [-0.4, -0.2) is 26.8 Å². The van der Waals surface area contributed by atoms with E-state index in [0.29, 0.717) is 17.3 Å². The van der Waals surface area contributed by atoms with Crippen LogP contribution in [0.1, 0.15) is 12.0 Å². The molecule has 0 atom stereocenters. The van der Waals surface area contributed by atoms with Crippen LogP contribution in [0.4, 0.5) is 5.69 Å². The number of thioether (sulfide) groups is 1. The Morgan fingerprint density at radius 3 is 2.52 bits per heavy atom. The van der Waals surface area contributed by atoms with Gasteiger partial charge in [-0.3, -0.25) is 4.79 Å². The maximum Gasteiger partial charge on any atom is 0.225 e. The van der Waals surface area contributed by atoms with Crippen molar-refractivity contribution in [1.82, 2.24) is 15.2 Å². The lowest BCUT2D eigenvalue weighted by molar-refractivity contribution is -0.115. The lowest BCUT2D eigenvalue weighted by atomic mass is 10.0. The minimum Gasteiger partial charge on any atom is -0.326 e. The van der Waals surface area contributed by atoms with E-state index in [-0.39, 0.29) is 5.91 Å². The number of benzene rings is 3. The molecule has 6 heteroatoms. The lowest BCUT2D eigenvalue weighted by Gasteiger charge is -2.06. The second-order valence-corrected chi connectivity index (χ2v) is 8.08. The molecule has 4 aromatic rings. The number of anilines is 1. The number of aromatic nitrogens is 3. The third-order valence-electron chi connectivity index (χ3n) is 4.94. The van der Waals surface area contributed by atoms with Crippen molar-refractivity contribution < 1.29 is 4.79 Å². The zero-order valence-electron chi connectivity index (χ0n) is 15.8. The molecule has 1 aliphatic rings. The zero-order chi connectivity index (χ0) is 19.8. The van der Waals surface area contributed by atoms with Crippen LogP contribution in [0.3, 0.4) is 0 Å². The van der Waals surface area contributed by atoms with Gasteiger partial charge in [0.05, 0.1) is 0 Å². The van der Waals surface area contributed by atoms with Crippen LogP contribution in [0.15, 0.2) is 65.8 Å². The summed E-state index contributed by atoms with van der Waals surface area (Å²) in [4.78, 5) is 16.9. The molecule has 142 valence electrons. The molecule has 0 unspecified atom stereocenters. The van der Waals surface area contributed by atoms with E-state index in [1.807, 2.05) is 43.3 Å². The summed E-state index contributed by atoms with van der Waals surface area (Å²) >= 11 is 1.45. The van der Waals surface area contributed by atoms with E-state index in [1.165, 1.54) is 22.5 Å². The number of carbonyl (C=O) groups excluding carboxylic acids is 1. The van der Waals surface area contributed by atoms with Crippen molar-refractivity contribution in [3.63, 3.8) is 0 Å². The molecule has 1 heterocycles. The minimum absolute atomic E-state index is 0.0191. The Labute approximate surface area is 172 Å². The second kappa shape index (κ2) is 7.29. The fraction of sp³-hybridized carbons (Fsp3) is 0.130. The molecule has 1 aromatic heterocycles. The van der Waals surface area contributed by atoms with Gasteiger partial charge in [-0.15, -0.1) is 10.2 Å². The Hall–Kier alpha value is -3.25. The Balaban J connectivity index is 1.29. The number of hydrogen-bond donors (Lipinski definition) is 1. The van der Waals surface area contributed by atoms with Gasteiger partial charge in [0, 0.05) is 34.4 Å². The fourth-order valence-corrected chi connectivity index (χ4v) is 4.38. The maximum absolute atomic E-state index is 12.2. The smallest absolute Gasteiger partial charge is 0.225 e. The number of hydrogen-bond acceptors (Lipinski definition) is 5. The summed E-state index contributed by atoms with van der Waals surface area (Å²) < 4.78 is 0. The Bertz CT molecular complexity index is 1250. The first-order chi connectivity index (χ1) is 14.2. The highest BCUT2D eigenvalue weighted by Gasteiger charge is 2.24. The Morgan fingerprint density at radius 1 is 0.966 bits per heavy atom. The SMILES string of the molecule is Cc1cccc(NC(=O)CCSc2nnc3c(n2)-c2cccc4cccc-3c24)c1. The molecule has 0 saturated heterocycles. The number of carbonyl (C=O) groups is 1. The first-order valence-corrected chi connectivity index (χ1v) is 10.4. The summed E-state index contributed by atoms with van der Waals surface area (Å²) in [7, 11) is 0. The van der Waals surface area contributed by atoms with Crippen molar-refractivity contribution in [2.45, 2.75) is 18.5 Å². The van der Waals surface area contributed by atoms with Crippen LogP contribution in [-0.2, 0) is 4.79 Å². The van der Waals surface area contributed by atoms with Gasteiger partial charge in [0.15, 0.2) is 0 Å². The summed E-state index contributed by atoms with van der Waals surface area (Å²) in [6.45, 7) is 2.00. The molecule has 0 saturated carbocycles. The van der Waals surface area contributed by atoms with Crippen LogP contribution in [0, 0.1) is 6.92 Å². The molecular weight excluding hydrogens is 380 g/mol. The van der Waals surface area contributed by atoms with Gasteiger partial charge in [0.2, 0.25) is 11.1 Å². The van der Waals surface area contributed by atoms with Crippen LogP contribution >= 0.6 is 11.8 Å². The van der Waals surface area contributed by atoms with Crippen molar-refractivity contribution in [2.24, 2.45) is 0 Å². The quantitative estimate of drug-likeness (QED) is 0.417. The highest BCUT2D eigenvalue weighted by atomic mass is 32.2. The molecule has 3 aromatic carbocycles. The first-order valence-electron chi connectivity index (χ1n) is 9.45.